The molecule has 0 unspecified atom stereocenters. The lowest BCUT2D eigenvalue weighted by atomic mass is 9.96. The molecule has 3 nitrogen and oxygen atoms in total. The monoisotopic (exact) mass is 179 g/mol. The molecule has 0 radical (unpaired) electrons. The minimum absolute atomic E-state index is 0.174. The lowest BCUT2D eigenvalue weighted by Gasteiger charge is -2.24. The molecule has 1 saturated carbocycles. The van der Waals surface area contributed by atoms with Crippen LogP contribution in [0.15, 0.2) is 18.5 Å². The van der Waals surface area contributed by atoms with Crippen LogP contribution in [0.25, 0.3) is 0 Å². The minimum atomic E-state index is -0.190. The van der Waals surface area contributed by atoms with Crippen molar-refractivity contribution in [2.24, 2.45) is 7.05 Å². The van der Waals surface area contributed by atoms with E-state index in [2.05, 4.69) is 0 Å². The molecule has 2 rings (SSSR count). The van der Waals surface area contributed by atoms with Crippen LogP contribution in [0.2, 0.25) is 0 Å². The van der Waals surface area contributed by atoms with E-state index in [0.29, 0.717) is 5.56 Å². The van der Waals surface area contributed by atoms with E-state index in [-0.39, 0.29) is 12.1 Å². The third-order valence-corrected chi connectivity index (χ3v) is 2.39. The molecule has 0 N–H and O–H groups in total. The average Bonchev–Trinajstić information content (AvgIpc) is 2.44. The molecule has 1 aromatic heterocycles. The Labute approximate surface area is 77.3 Å². The van der Waals surface area contributed by atoms with Crippen molar-refractivity contribution in [2.75, 3.05) is 0 Å². The van der Waals surface area contributed by atoms with Gasteiger partial charge in [0, 0.05) is 19.4 Å². The molecule has 1 aliphatic rings. The Balaban J connectivity index is 1.96. The van der Waals surface area contributed by atoms with Crippen LogP contribution in [0.4, 0.5) is 0 Å². The number of aromatic nitrogens is 1. The summed E-state index contributed by atoms with van der Waals surface area (Å²) in [4.78, 5) is 11.4. The third kappa shape index (κ3) is 1.74. The van der Waals surface area contributed by atoms with Crippen molar-refractivity contribution in [3.63, 3.8) is 0 Å². The van der Waals surface area contributed by atoms with Crippen LogP contribution in [-0.4, -0.2) is 16.6 Å². The van der Waals surface area contributed by atoms with Gasteiger partial charge in [0.15, 0.2) is 0 Å². The van der Waals surface area contributed by atoms with E-state index in [4.69, 9.17) is 4.74 Å². The number of aryl methyl sites for hydroxylation is 1. The van der Waals surface area contributed by atoms with E-state index in [1.807, 2.05) is 17.8 Å². The van der Waals surface area contributed by atoms with E-state index in [0.717, 1.165) is 12.8 Å². The summed E-state index contributed by atoms with van der Waals surface area (Å²) < 4.78 is 7.08. The molecule has 1 fully saturated rings. The van der Waals surface area contributed by atoms with Gasteiger partial charge in [-0.3, -0.25) is 0 Å². The van der Waals surface area contributed by atoms with Gasteiger partial charge in [0.1, 0.15) is 6.10 Å². The van der Waals surface area contributed by atoms with Crippen molar-refractivity contribution in [3.8, 4) is 0 Å². The highest BCUT2D eigenvalue weighted by atomic mass is 16.5. The number of rotatable bonds is 2. The summed E-state index contributed by atoms with van der Waals surface area (Å²) in [5, 5.41) is 0. The standard InChI is InChI=1S/C10H13NO2/c1-11-6-5-8(7-11)10(12)13-9-3-2-4-9/h5-7,9H,2-4H2,1H3. The molecule has 0 aromatic carbocycles. The van der Waals surface area contributed by atoms with Crippen LogP contribution in [-0.2, 0) is 11.8 Å². The first-order valence-corrected chi connectivity index (χ1v) is 4.58. The zero-order valence-electron chi connectivity index (χ0n) is 7.69. The van der Waals surface area contributed by atoms with Crippen molar-refractivity contribution in [1.82, 2.24) is 4.57 Å². The second-order valence-electron chi connectivity index (χ2n) is 3.52. The van der Waals surface area contributed by atoms with Gasteiger partial charge in [-0.05, 0) is 25.3 Å². The Morgan fingerprint density at radius 1 is 1.62 bits per heavy atom. The predicted molar refractivity (Wildman–Crippen MR) is 48.5 cm³/mol. The van der Waals surface area contributed by atoms with E-state index in [1.165, 1.54) is 6.42 Å². The maximum absolute atomic E-state index is 11.4. The van der Waals surface area contributed by atoms with Gasteiger partial charge in [0.05, 0.1) is 5.56 Å². The zero-order chi connectivity index (χ0) is 9.26. The third-order valence-electron chi connectivity index (χ3n) is 2.39. The van der Waals surface area contributed by atoms with Crippen molar-refractivity contribution >= 4 is 5.97 Å². The van der Waals surface area contributed by atoms with Crippen LogP contribution in [0.5, 0.6) is 0 Å². The Morgan fingerprint density at radius 2 is 2.38 bits per heavy atom. The van der Waals surface area contributed by atoms with Gasteiger partial charge in [-0.2, -0.15) is 0 Å². The van der Waals surface area contributed by atoms with Crippen LogP contribution in [0, 0.1) is 0 Å². The van der Waals surface area contributed by atoms with Crippen molar-refractivity contribution < 1.29 is 9.53 Å². The summed E-state index contributed by atoms with van der Waals surface area (Å²) in [6.07, 6.45) is 7.04. The largest absolute Gasteiger partial charge is 0.459 e. The van der Waals surface area contributed by atoms with Crippen molar-refractivity contribution in [1.29, 1.82) is 0 Å². The number of ether oxygens (including phenoxy) is 1. The second kappa shape index (κ2) is 3.24. The zero-order valence-corrected chi connectivity index (χ0v) is 7.69. The number of hydrogen-bond acceptors (Lipinski definition) is 2. The summed E-state index contributed by atoms with van der Waals surface area (Å²) in [5.74, 6) is -0.190. The molecular formula is C10H13NO2. The number of carbonyl (C=O) groups excluding carboxylic acids is 1. The molecule has 1 heterocycles. The fourth-order valence-electron chi connectivity index (χ4n) is 1.33. The van der Waals surface area contributed by atoms with Crippen LogP contribution in [0.3, 0.4) is 0 Å². The van der Waals surface area contributed by atoms with Crippen molar-refractivity contribution in [3.05, 3.63) is 24.0 Å². The normalized spacial score (nSPS) is 16.7. The molecule has 0 saturated heterocycles. The molecule has 0 spiro atoms. The Morgan fingerprint density at radius 3 is 2.85 bits per heavy atom. The first-order chi connectivity index (χ1) is 6.25. The van der Waals surface area contributed by atoms with E-state index in [1.54, 1.807) is 12.3 Å². The van der Waals surface area contributed by atoms with E-state index >= 15 is 0 Å². The smallest absolute Gasteiger partial charge is 0.339 e. The Hall–Kier alpha value is -1.25. The fourth-order valence-corrected chi connectivity index (χ4v) is 1.33. The minimum Gasteiger partial charge on any atom is -0.459 e. The second-order valence-corrected chi connectivity index (χ2v) is 3.52. The topological polar surface area (TPSA) is 31.2 Å². The summed E-state index contributed by atoms with van der Waals surface area (Å²) in [7, 11) is 1.89. The Bertz CT molecular complexity index is 312. The maximum Gasteiger partial charge on any atom is 0.339 e. The van der Waals surface area contributed by atoms with Gasteiger partial charge in [-0.25, -0.2) is 4.79 Å². The number of nitrogens with zero attached hydrogens (tertiary/aromatic N) is 1. The van der Waals surface area contributed by atoms with Crippen LogP contribution < -0.4 is 0 Å². The predicted octanol–water partition coefficient (Wildman–Crippen LogP) is 1.73. The average molecular weight is 179 g/mol. The fraction of sp³-hybridized carbons (Fsp3) is 0.500. The Kier molecular flexibility index (Phi) is 2.08. The van der Waals surface area contributed by atoms with E-state index < -0.39 is 0 Å². The molecule has 0 atom stereocenters. The van der Waals surface area contributed by atoms with Gasteiger partial charge in [-0.15, -0.1) is 0 Å². The highest BCUT2D eigenvalue weighted by Gasteiger charge is 2.22. The van der Waals surface area contributed by atoms with Gasteiger partial charge < -0.3 is 9.30 Å². The molecule has 1 aliphatic carbocycles. The highest BCUT2D eigenvalue weighted by molar-refractivity contribution is 5.89. The van der Waals surface area contributed by atoms with Gasteiger partial charge in [0.2, 0.25) is 0 Å². The molecule has 0 bridgehead atoms. The molecule has 0 aliphatic heterocycles. The highest BCUT2D eigenvalue weighted by Crippen LogP contribution is 2.23. The summed E-state index contributed by atoms with van der Waals surface area (Å²) in [6.45, 7) is 0. The summed E-state index contributed by atoms with van der Waals surface area (Å²) >= 11 is 0. The summed E-state index contributed by atoms with van der Waals surface area (Å²) in [5.41, 5.74) is 0.648. The summed E-state index contributed by atoms with van der Waals surface area (Å²) in [6, 6.07) is 1.78. The van der Waals surface area contributed by atoms with E-state index in [9.17, 15) is 4.79 Å². The number of esters is 1. The quantitative estimate of drug-likeness (QED) is 0.647. The molecule has 13 heavy (non-hydrogen) atoms. The van der Waals surface area contributed by atoms with Gasteiger partial charge in [-0.1, -0.05) is 0 Å². The van der Waals surface area contributed by atoms with Gasteiger partial charge >= 0.3 is 5.97 Å². The molecule has 1 aromatic rings. The maximum atomic E-state index is 11.4. The number of carbonyl (C=O) groups is 1. The van der Waals surface area contributed by atoms with Crippen molar-refractivity contribution in [2.45, 2.75) is 25.4 Å². The number of hydrogen-bond donors (Lipinski definition) is 0. The molecule has 3 heteroatoms. The molecular weight excluding hydrogens is 166 g/mol. The van der Waals surface area contributed by atoms with Crippen LogP contribution in [0.1, 0.15) is 29.6 Å². The molecule has 70 valence electrons. The lowest BCUT2D eigenvalue weighted by Crippen LogP contribution is -2.24. The first kappa shape index (κ1) is 8.35. The van der Waals surface area contributed by atoms with Gasteiger partial charge in [0.25, 0.3) is 0 Å². The molecule has 0 amide bonds. The lowest BCUT2D eigenvalue weighted by molar-refractivity contribution is 0.00901. The first-order valence-electron chi connectivity index (χ1n) is 4.58. The van der Waals surface area contributed by atoms with Crippen LogP contribution >= 0.6 is 0 Å². The SMILES string of the molecule is Cn1ccc(C(=O)OC2CCC2)c1.